The number of hydrogen-bond donors (Lipinski definition) is 0. The Morgan fingerprint density at radius 1 is 1.62 bits per heavy atom. The van der Waals surface area contributed by atoms with Gasteiger partial charge in [-0.2, -0.15) is 0 Å². The summed E-state index contributed by atoms with van der Waals surface area (Å²) < 4.78 is 29.2. The number of halogens is 2. The number of pyridine rings is 1. The molecule has 1 heterocycles. The van der Waals surface area contributed by atoms with Gasteiger partial charge in [0.1, 0.15) is 0 Å². The van der Waals surface area contributed by atoms with Crippen LogP contribution in [0.25, 0.3) is 0 Å². The standard InChI is InChI=1S/C8H7F2NO2/c1-13-7-2-6(8(9)10)5(4-12)3-11-7/h2-4,8H,1H3. The zero-order valence-corrected chi connectivity index (χ0v) is 6.83. The van der Waals surface area contributed by atoms with Gasteiger partial charge in [0.05, 0.1) is 7.11 Å². The fourth-order valence-electron chi connectivity index (χ4n) is 0.860. The van der Waals surface area contributed by atoms with Gasteiger partial charge in [-0.3, -0.25) is 4.79 Å². The summed E-state index contributed by atoms with van der Waals surface area (Å²) in [6, 6.07) is 1.05. The van der Waals surface area contributed by atoms with Gasteiger partial charge in [-0.15, -0.1) is 0 Å². The summed E-state index contributed by atoms with van der Waals surface area (Å²) in [6.07, 6.45) is -1.29. The molecule has 0 unspecified atom stereocenters. The van der Waals surface area contributed by atoms with Crippen LogP contribution in [0.4, 0.5) is 8.78 Å². The van der Waals surface area contributed by atoms with E-state index < -0.39 is 6.43 Å². The Morgan fingerprint density at radius 2 is 2.31 bits per heavy atom. The first-order chi connectivity index (χ1) is 6.19. The molecule has 0 radical (unpaired) electrons. The second kappa shape index (κ2) is 3.93. The van der Waals surface area contributed by atoms with E-state index in [1.165, 1.54) is 7.11 Å². The van der Waals surface area contributed by atoms with Crippen LogP contribution in [-0.4, -0.2) is 18.4 Å². The van der Waals surface area contributed by atoms with E-state index in [0.717, 1.165) is 12.3 Å². The Labute approximate surface area is 73.4 Å². The number of ether oxygens (including phenoxy) is 1. The maximum atomic E-state index is 12.3. The van der Waals surface area contributed by atoms with E-state index in [-0.39, 0.29) is 17.0 Å². The normalized spacial score (nSPS) is 10.2. The van der Waals surface area contributed by atoms with E-state index in [2.05, 4.69) is 9.72 Å². The van der Waals surface area contributed by atoms with Gasteiger partial charge in [-0.25, -0.2) is 13.8 Å². The van der Waals surface area contributed by atoms with Crippen molar-refractivity contribution in [2.75, 3.05) is 7.11 Å². The maximum Gasteiger partial charge on any atom is 0.264 e. The van der Waals surface area contributed by atoms with Gasteiger partial charge in [0.25, 0.3) is 6.43 Å². The molecule has 0 N–H and O–H groups in total. The molecule has 3 nitrogen and oxygen atoms in total. The molecule has 1 rings (SSSR count). The van der Waals surface area contributed by atoms with Crippen molar-refractivity contribution in [1.82, 2.24) is 4.98 Å². The smallest absolute Gasteiger partial charge is 0.264 e. The minimum absolute atomic E-state index is 0.0703. The molecule has 0 aliphatic heterocycles. The second-order valence-corrected chi connectivity index (χ2v) is 2.27. The highest BCUT2D eigenvalue weighted by molar-refractivity contribution is 5.77. The molecule has 0 aliphatic rings. The molecule has 0 aromatic carbocycles. The van der Waals surface area contributed by atoms with Crippen LogP contribution in [0.1, 0.15) is 22.3 Å². The van der Waals surface area contributed by atoms with Crippen molar-refractivity contribution in [3.05, 3.63) is 23.4 Å². The summed E-state index contributed by atoms with van der Waals surface area (Å²) in [5, 5.41) is 0. The number of hydrogen-bond acceptors (Lipinski definition) is 3. The first-order valence-corrected chi connectivity index (χ1v) is 3.46. The zero-order chi connectivity index (χ0) is 9.84. The molecule has 0 saturated heterocycles. The third-order valence-electron chi connectivity index (χ3n) is 1.51. The van der Waals surface area contributed by atoms with E-state index in [0.29, 0.717) is 6.29 Å². The predicted octanol–water partition coefficient (Wildman–Crippen LogP) is 1.84. The zero-order valence-electron chi connectivity index (χ0n) is 6.83. The number of nitrogens with zero attached hydrogens (tertiary/aromatic N) is 1. The molecule has 0 spiro atoms. The fraction of sp³-hybridized carbons (Fsp3) is 0.250. The highest BCUT2D eigenvalue weighted by Crippen LogP contribution is 2.24. The molecule has 0 amide bonds. The monoisotopic (exact) mass is 187 g/mol. The third kappa shape index (κ3) is 1.99. The predicted molar refractivity (Wildman–Crippen MR) is 41.1 cm³/mol. The van der Waals surface area contributed by atoms with Gasteiger partial charge in [-0.1, -0.05) is 0 Å². The first-order valence-electron chi connectivity index (χ1n) is 3.46. The molecule has 0 bridgehead atoms. The van der Waals surface area contributed by atoms with Crippen LogP contribution in [-0.2, 0) is 0 Å². The third-order valence-corrected chi connectivity index (χ3v) is 1.51. The molecule has 0 atom stereocenters. The van der Waals surface area contributed by atoms with Gasteiger partial charge in [-0.05, 0) is 0 Å². The number of alkyl halides is 2. The van der Waals surface area contributed by atoms with Crippen molar-refractivity contribution in [1.29, 1.82) is 0 Å². The van der Waals surface area contributed by atoms with Crippen LogP contribution in [0.15, 0.2) is 12.3 Å². The number of carbonyl (C=O) groups excluding carboxylic acids is 1. The minimum atomic E-state index is -2.70. The molecule has 0 saturated carbocycles. The molecule has 0 fully saturated rings. The lowest BCUT2D eigenvalue weighted by Gasteiger charge is -2.04. The minimum Gasteiger partial charge on any atom is -0.481 e. The summed E-state index contributed by atoms with van der Waals surface area (Å²) >= 11 is 0. The fourth-order valence-corrected chi connectivity index (χ4v) is 0.860. The van der Waals surface area contributed by atoms with Gasteiger partial charge in [0.2, 0.25) is 5.88 Å². The van der Waals surface area contributed by atoms with Gasteiger partial charge >= 0.3 is 0 Å². The molecular formula is C8H7F2NO2. The van der Waals surface area contributed by atoms with Crippen molar-refractivity contribution >= 4 is 6.29 Å². The van der Waals surface area contributed by atoms with Crippen LogP contribution in [0.3, 0.4) is 0 Å². The Bertz CT molecular complexity index is 315. The highest BCUT2D eigenvalue weighted by Gasteiger charge is 2.14. The number of carbonyl (C=O) groups is 1. The average Bonchev–Trinajstić information content (AvgIpc) is 2.16. The topological polar surface area (TPSA) is 39.2 Å². The van der Waals surface area contributed by atoms with E-state index >= 15 is 0 Å². The van der Waals surface area contributed by atoms with Crippen molar-refractivity contribution in [3.63, 3.8) is 0 Å². The molecular weight excluding hydrogens is 180 g/mol. The second-order valence-electron chi connectivity index (χ2n) is 2.27. The largest absolute Gasteiger partial charge is 0.481 e. The van der Waals surface area contributed by atoms with E-state index in [4.69, 9.17) is 0 Å². The molecule has 5 heteroatoms. The summed E-state index contributed by atoms with van der Waals surface area (Å²) in [6.45, 7) is 0. The van der Waals surface area contributed by atoms with E-state index in [1.54, 1.807) is 0 Å². The number of rotatable bonds is 3. The van der Waals surface area contributed by atoms with Gasteiger partial charge < -0.3 is 4.74 Å². The van der Waals surface area contributed by atoms with Crippen LogP contribution in [0, 0.1) is 0 Å². The van der Waals surface area contributed by atoms with Gasteiger partial charge in [0, 0.05) is 23.4 Å². The number of methoxy groups -OCH3 is 1. The Hall–Kier alpha value is -1.52. The molecule has 1 aromatic heterocycles. The average molecular weight is 187 g/mol. The van der Waals surface area contributed by atoms with E-state index in [9.17, 15) is 13.6 Å². The van der Waals surface area contributed by atoms with Crippen LogP contribution < -0.4 is 4.74 Å². The highest BCUT2D eigenvalue weighted by atomic mass is 19.3. The molecule has 13 heavy (non-hydrogen) atoms. The number of aldehydes is 1. The SMILES string of the molecule is COc1cc(C(F)F)c(C=O)cn1. The summed E-state index contributed by atoms with van der Waals surface area (Å²) in [5.74, 6) is 0.0703. The van der Waals surface area contributed by atoms with Crippen molar-refractivity contribution in [3.8, 4) is 5.88 Å². The first kappa shape index (κ1) is 9.57. The summed E-state index contributed by atoms with van der Waals surface area (Å²) in [5.41, 5.74) is -0.474. The quantitative estimate of drug-likeness (QED) is 0.677. The molecule has 0 aliphatic carbocycles. The Balaban J connectivity index is 3.17. The van der Waals surface area contributed by atoms with Crippen molar-refractivity contribution in [2.24, 2.45) is 0 Å². The van der Waals surface area contributed by atoms with Gasteiger partial charge in [0.15, 0.2) is 6.29 Å². The van der Waals surface area contributed by atoms with Crippen LogP contribution in [0.5, 0.6) is 5.88 Å². The van der Waals surface area contributed by atoms with Crippen LogP contribution >= 0.6 is 0 Å². The van der Waals surface area contributed by atoms with Crippen LogP contribution in [0.2, 0.25) is 0 Å². The van der Waals surface area contributed by atoms with E-state index in [1.807, 2.05) is 0 Å². The van der Waals surface area contributed by atoms with Crippen molar-refractivity contribution < 1.29 is 18.3 Å². The Morgan fingerprint density at radius 3 is 2.77 bits per heavy atom. The lowest BCUT2D eigenvalue weighted by atomic mass is 10.1. The lowest BCUT2D eigenvalue weighted by Crippen LogP contribution is -1.97. The lowest BCUT2D eigenvalue weighted by molar-refractivity contribution is 0.110. The Kier molecular flexibility index (Phi) is 2.89. The summed E-state index contributed by atoms with van der Waals surface area (Å²) in [4.78, 5) is 13.9. The molecule has 1 aromatic rings. The van der Waals surface area contributed by atoms with Crippen molar-refractivity contribution in [2.45, 2.75) is 6.43 Å². The summed E-state index contributed by atoms with van der Waals surface area (Å²) in [7, 11) is 1.32. The molecule has 70 valence electrons. The maximum absolute atomic E-state index is 12.3. The number of aromatic nitrogens is 1.